The number of nitrogens with one attached hydrogen (secondary N) is 1. The van der Waals surface area contributed by atoms with Crippen molar-refractivity contribution < 1.29 is 13.9 Å². The monoisotopic (exact) mass is 325 g/mol. The lowest BCUT2D eigenvalue weighted by molar-refractivity contribution is 0.0982. The summed E-state index contributed by atoms with van der Waals surface area (Å²) in [5.74, 6) is -0.0787. The van der Waals surface area contributed by atoms with Gasteiger partial charge in [0, 0.05) is 23.2 Å². The van der Waals surface area contributed by atoms with Gasteiger partial charge in [-0.05, 0) is 37.1 Å². The maximum atomic E-state index is 13.6. The molecule has 1 aliphatic rings. The normalized spacial score (nSPS) is 13.9. The highest BCUT2D eigenvalue weighted by Crippen LogP contribution is 2.35. The molecule has 3 aromatic rings. The maximum absolute atomic E-state index is 13.6. The van der Waals surface area contributed by atoms with Crippen LogP contribution in [0.1, 0.15) is 23.2 Å². The fourth-order valence-corrected chi connectivity index (χ4v) is 2.89. The van der Waals surface area contributed by atoms with E-state index in [1.165, 1.54) is 19.2 Å². The average Bonchev–Trinajstić information content (AvgIpc) is 3.30. The third-order valence-electron chi connectivity index (χ3n) is 4.21. The Balaban J connectivity index is 1.80. The molecule has 5 nitrogen and oxygen atoms in total. The maximum Gasteiger partial charge on any atom is 0.262 e. The summed E-state index contributed by atoms with van der Waals surface area (Å²) < 4.78 is 19.0. The number of hydrogen-bond donors (Lipinski definition) is 1. The van der Waals surface area contributed by atoms with Crippen molar-refractivity contribution in [2.45, 2.75) is 18.9 Å². The van der Waals surface area contributed by atoms with Crippen molar-refractivity contribution in [2.24, 2.45) is 0 Å². The molecular weight excluding hydrogens is 309 g/mol. The number of ether oxygens (including phenoxy) is 1. The fourth-order valence-electron chi connectivity index (χ4n) is 2.89. The number of carbonyl (C=O) groups is 1. The highest BCUT2D eigenvalue weighted by atomic mass is 19.1. The second-order valence-corrected chi connectivity index (χ2v) is 5.90. The minimum Gasteiger partial charge on any atom is -0.496 e. The number of nitrogens with zero attached hydrogens (tertiary/aromatic N) is 2. The Kier molecular flexibility index (Phi) is 3.45. The predicted octanol–water partition coefficient (Wildman–Crippen LogP) is 3.52. The Morgan fingerprint density at radius 1 is 1.33 bits per heavy atom. The molecule has 1 N–H and O–H groups in total. The summed E-state index contributed by atoms with van der Waals surface area (Å²) >= 11 is 0. The number of hydrogen-bond acceptors (Lipinski definition) is 3. The third-order valence-corrected chi connectivity index (χ3v) is 4.21. The molecule has 0 spiro atoms. The van der Waals surface area contributed by atoms with Crippen molar-refractivity contribution in [3.63, 3.8) is 0 Å². The van der Waals surface area contributed by atoms with Gasteiger partial charge in [-0.1, -0.05) is 6.07 Å². The summed E-state index contributed by atoms with van der Waals surface area (Å²) in [6.45, 7) is 0. The van der Waals surface area contributed by atoms with Crippen LogP contribution in [0.15, 0.2) is 42.6 Å². The van der Waals surface area contributed by atoms with E-state index in [2.05, 4.69) is 10.2 Å². The average molecular weight is 325 g/mol. The van der Waals surface area contributed by atoms with E-state index in [4.69, 9.17) is 4.74 Å². The molecule has 1 heterocycles. The zero-order valence-electron chi connectivity index (χ0n) is 13.1. The van der Waals surface area contributed by atoms with E-state index in [1.54, 1.807) is 35.4 Å². The molecule has 0 atom stereocenters. The van der Waals surface area contributed by atoms with Crippen molar-refractivity contribution in [3.05, 3.63) is 54.0 Å². The molecule has 4 rings (SSSR count). The van der Waals surface area contributed by atoms with Gasteiger partial charge in [-0.15, -0.1) is 0 Å². The first-order valence-corrected chi connectivity index (χ1v) is 7.77. The largest absolute Gasteiger partial charge is 0.496 e. The van der Waals surface area contributed by atoms with Crippen LogP contribution in [0.5, 0.6) is 5.75 Å². The van der Waals surface area contributed by atoms with Crippen molar-refractivity contribution >= 4 is 22.5 Å². The number of benzene rings is 2. The van der Waals surface area contributed by atoms with Crippen LogP contribution in [0.3, 0.4) is 0 Å². The molecule has 0 unspecified atom stereocenters. The highest BCUT2D eigenvalue weighted by Gasteiger charge is 2.35. The molecule has 1 aliphatic carbocycles. The first kappa shape index (κ1) is 14.7. The zero-order chi connectivity index (χ0) is 16.7. The van der Waals surface area contributed by atoms with Crippen molar-refractivity contribution in [1.29, 1.82) is 0 Å². The summed E-state index contributed by atoms with van der Waals surface area (Å²) in [5.41, 5.74) is 1.81. The van der Waals surface area contributed by atoms with Gasteiger partial charge in [0.1, 0.15) is 11.6 Å². The Labute approximate surface area is 138 Å². The molecule has 0 radical (unpaired) electrons. The summed E-state index contributed by atoms with van der Waals surface area (Å²) in [5, 5.41) is 7.67. The van der Waals surface area contributed by atoms with E-state index < -0.39 is 0 Å². The van der Waals surface area contributed by atoms with Gasteiger partial charge in [-0.25, -0.2) is 4.39 Å². The fraction of sp³-hybridized carbons (Fsp3) is 0.222. The van der Waals surface area contributed by atoms with Crippen LogP contribution in [0.25, 0.3) is 10.9 Å². The van der Waals surface area contributed by atoms with Crippen molar-refractivity contribution in [1.82, 2.24) is 10.2 Å². The number of anilines is 1. The number of carbonyl (C=O) groups excluding carboxylic acids is 1. The number of halogens is 1. The molecule has 0 aliphatic heterocycles. The summed E-state index contributed by atoms with van der Waals surface area (Å²) in [4.78, 5) is 14.8. The Morgan fingerprint density at radius 2 is 2.17 bits per heavy atom. The zero-order valence-corrected chi connectivity index (χ0v) is 13.1. The molecule has 1 fully saturated rings. The van der Waals surface area contributed by atoms with E-state index in [9.17, 15) is 9.18 Å². The van der Waals surface area contributed by atoms with E-state index in [0.717, 1.165) is 23.7 Å². The van der Waals surface area contributed by atoms with Crippen molar-refractivity contribution in [3.8, 4) is 5.75 Å². The lowest BCUT2D eigenvalue weighted by Gasteiger charge is -2.23. The van der Waals surface area contributed by atoms with Crippen LogP contribution in [-0.2, 0) is 0 Å². The lowest BCUT2D eigenvalue weighted by Crippen LogP contribution is -2.33. The number of rotatable bonds is 4. The summed E-state index contributed by atoms with van der Waals surface area (Å²) in [6, 6.07) is 9.74. The van der Waals surface area contributed by atoms with Crippen LogP contribution in [-0.4, -0.2) is 29.3 Å². The van der Waals surface area contributed by atoms with Gasteiger partial charge in [0.2, 0.25) is 0 Å². The second-order valence-electron chi connectivity index (χ2n) is 5.90. The van der Waals surface area contributed by atoms with Crippen LogP contribution in [0.2, 0.25) is 0 Å². The number of H-pyrrole nitrogens is 1. The molecule has 122 valence electrons. The van der Waals surface area contributed by atoms with Crippen molar-refractivity contribution in [2.75, 3.05) is 12.0 Å². The number of amides is 1. The molecule has 0 saturated heterocycles. The predicted molar refractivity (Wildman–Crippen MR) is 88.9 cm³/mol. The quantitative estimate of drug-likeness (QED) is 0.798. The lowest BCUT2D eigenvalue weighted by atomic mass is 10.1. The molecule has 1 saturated carbocycles. The topological polar surface area (TPSA) is 58.2 Å². The molecule has 1 aromatic heterocycles. The minimum absolute atomic E-state index is 0.101. The van der Waals surface area contributed by atoms with Crippen LogP contribution >= 0.6 is 0 Å². The second kappa shape index (κ2) is 5.63. The van der Waals surface area contributed by atoms with Crippen LogP contribution in [0.4, 0.5) is 10.1 Å². The number of aromatic nitrogens is 2. The van der Waals surface area contributed by atoms with Crippen LogP contribution in [0, 0.1) is 5.82 Å². The summed E-state index contributed by atoms with van der Waals surface area (Å²) in [6.07, 6.45) is 3.49. The Morgan fingerprint density at radius 3 is 2.88 bits per heavy atom. The van der Waals surface area contributed by atoms with E-state index in [1.807, 2.05) is 0 Å². The minimum atomic E-state index is -0.358. The Bertz CT molecular complexity index is 918. The molecule has 1 amide bonds. The number of aromatic amines is 1. The molecule has 6 heteroatoms. The van der Waals surface area contributed by atoms with Gasteiger partial charge >= 0.3 is 0 Å². The van der Waals surface area contributed by atoms with E-state index >= 15 is 0 Å². The molecular formula is C18H16FN3O2. The van der Waals surface area contributed by atoms with Gasteiger partial charge in [0.15, 0.2) is 0 Å². The van der Waals surface area contributed by atoms with Gasteiger partial charge in [0.25, 0.3) is 5.91 Å². The standard InChI is InChI=1S/C18H16FN3O2/c1-24-17-9-16-11(10-20-21-16)7-15(17)18(23)22(13-5-6-13)14-4-2-3-12(19)8-14/h2-4,7-10,13H,5-6H2,1H3,(H,20,21). The molecule has 2 aromatic carbocycles. The van der Waals surface area contributed by atoms with Gasteiger partial charge < -0.3 is 9.64 Å². The van der Waals surface area contributed by atoms with Gasteiger partial charge in [0.05, 0.1) is 24.4 Å². The summed E-state index contributed by atoms with van der Waals surface area (Å²) in [7, 11) is 1.53. The van der Waals surface area contributed by atoms with Gasteiger partial charge in [-0.2, -0.15) is 5.10 Å². The smallest absolute Gasteiger partial charge is 0.262 e. The third kappa shape index (κ3) is 2.50. The first-order valence-electron chi connectivity index (χ1n) is 7.77. The highest BCUT2D eigenvalue weighted by molar-refractivity contribution is 6.10. The first-order chi connectivity index (χ1) is 11.7. The number of methoxy groups -OCH3 is 1. The van der Waals surface area contributed by atoms with E-state index in [-0.39, 0.29) is 17.8 Å². The molecule has 0 bridgehead atoms. The van der Waals surface area contributed by atoms with Gasteiger partial charge in [-0.3, -0.25) is 9.89 Å². The number of fused-ring (bicyclic) bond motifs is 1. The van der Waals surface area contributed by atoms with Crippen LogP contribution < -0.4 is 9.64 Å². The van der Waals surface area contributed by atoms with E-state index in [0.29, 0.717) is 17.0 Å². The SMILES string of the molecule is COc1cc2[nH]ncc2cc1C(=O)N(c1cccc(F)c1)C1CC1. The Hall–Kier alpha value is -2.89. The molecule has 24 heavy (non-hydrogen) atoms.